The van der Waals surface area contributed by atoms with Crippen molar-refractivity contribution in [3.63, 3.8) is 0 Å². The molecule has 0 fully saturated rings. The zero-order chi connectivity index (χ0) is 14.5. The fourth-order valence-electron chi connectivity index (χ4n) is 1.73. The molecule has 0 aliphatic rings. The van der Waals surface area contributed by atoms with E-state index >= 15 is 0 Å². The number of hydrogen-bond donors (Lipinski definition) is 1. The molecule has 1 N–H and O–H groups in total. The third kappa shape index (κ3) is 3.78. The van der Waals surface area contributed by atoms with Gasteiger partial charge in [0.25, 0.3) is 5.91 Å². The number of halogens is 1. The van der Waals surface area contributed by atoms with Crippen molar-refractivity contribution < 1.29 is 4.79 Å². The largest absolute Gasteiger partial charge is 0.271 e. The normalized spacial score (nSPS) is 10.8. The fraction of sp³-hybridized carbons (Fsp3) is 0.125. The lowest BCUT2D eigenvalue weighted by atomic mass is 10.1. The molecule has 20 heavy (non-hydrogen) atoms. The van der Waals surface area contributed by atoms with Crippen LogP contribution in [0.5, 0.6) is 0 Å². The molecule has 0 aliphatic carbocycles. The second-order valence-corrected chi connectivity index (χ2v) is 5.48. The molecule has 2 aromatic rings. The fourth-order valence-corrected chi connectivity index (χ4v) is 1.99. The first-order valence-electron chi connectivity index (χ1n) is 6.22. The standard InChI is InChI=1S/C16H15BrN2O/c1-11-3-4-12(2)14(9-11)10-18-19-16(20)13-5-7-15(17)8-6-13/h3-10H,1-2H3,(H,19,20)/b18-10-. The molecule has 0 saturated heterocycles. The van der Waals surface area contributed by atoms with Gasteiger partial charge in [0.2, 0.25) is 0 Å². The Labute approximate surface area is 126 Å². The van der Waals surface area contributed by atoms with Crippen LogP contribution in [0.1, 0.15) is 27.0 Å². The summed E-state index contributed by atoms with van der Waals surface area (Å²) in [6, 6.07) is 13.2. The van der Waals surface area contributed by atoms with Crippen LogP contribution in [0.15, 0.2) is 52.0 Å². The first-order valence-corrected chi connectivity index (χ1v) is 7.02. The van der Waals surface area contributed by atoms with Crippen molar-refractivity contribution >= 4 is 28.1 Å². The van der Waals surface area contributed by atoms with Crippen molar-refractivity contribution in [1.29, 1.82) is 0 Å². The van der Waals surface area contributed by atoms with Crippen LogP contribution in [0.2, 0.25) is 0 Å². The van der Waals surface area contributed by atoms with E-state index in [0.717, 1.165) is 21.2 Å². The lowest BCUT2D eigenvalue weighted by molar-refractivity contribution is 0.0955. The Morgan fingerprint density at radius 1 is 1.15 bits per heavy atom. The van der Waals surface area contributed by atoms with E-state index in [1.54, 1.807) is 18.3 Å². The number of benzene rings is 2. The number of carbonyl (C=O) groups excluding carboxylic acids is 1. The first-order chi connectivity index (χ1) is 9.56. The Morgan fingerprint density at radius 3 is 2.55 bits per heavy atom. The van der Waals surface area contributed by atoms with Gasteiger partial charge in [-0.05, 0) is 49.2 Å². The summed E-state index contributed by atoms with van der Waals surface area (Å²) in [7, 11) is 0. The van der Waals surface area contributed by atoms with Crippen molar-refractivity contribution in [3.05, 3.63) is 69.2 Å². The molecule has 2 rings (SSSR count). The summed E-state index contributed by atoms with van der Waals surface area (Å²) in [4.78, 5) is 11.9. The molecule has 2 aromatic carbocycles. The van der Waals surface area contributed by atoms with Gasteiger partial charge in [-0.3, -0.25) is 4.79 Å². The Kier molecular flexibility index (Phi) is 4.69. The summed E-state index contributed by atoms with van der Waals surface area (Å²) in [5.41, 5.74) is 6.39. The highest BCUT2D eigenvalue weighted by Gasteiger charge is 2.03. The SMILES string of the molecule is Cc1ccc(C)c(/C=N\NC(=O)c2ccc(Br)cc2)c1. The predicted molar refractivity (Wildman–Crippen MR) is 85.1 cm³/mol. The number of hydrogen-bond acceptors (Lipinski definition) is 2. The van der Waals surface area contributed by atoms with Gasteiger partial charge in [0, 0.05) is 10.0 Å². The molecule has 102 valence electrons. The second kappa shape index (κ2) is 6.48. The highest BCUT2D eigenvalue weighted by molar-refractivity contribution is 9.10. The highest BCUT2D eigenvalue weighted by atomic mass is 79.9. The molecule has 0 spiro atoms. The van der Waals surface area contributed by atoms with Gasteiger partial charge in [0.15, 0.2) is 0 Å². The average molecular weight is 331 g/mol. The van der Waals surface area contributed by atoms with Gasteiger partial charge in [0.05, 0.1) is 6.21 Å². The topological polar surface area (TPSA) is 41.5 Å². The summed E-state index contributed by atoms with van der Waals surface area (Å²) < 4.78 is 0.938. The van der Waals surface area contributed by atoms with Crippen LogP contribution in [0.4, 0.5) is 0 Å². The van der Waals surface area contributed by atoms with Crippen LogP contribution >= 0.6 is 15.9 Å². The number of hydrazone groups is 1. The maximum Gasteiger partial charge on any atom is 0.271 e. The van der Waals surface area contributed by atoms with E-state index in [9.17, 15) is 4.79 Å². The first kappa shape index (κ1) is 14.5. The Balaban J connectivity index is 2.04. The lowest BCUT2D eigenvalue weighted by Gasteiger charge is -2.02. The van der Waals surface area contributed by atoms with Gasteiger partial charge < -0.3 is 0 Å². The van der Waals surface area contributed by atoms with E-state index < -0.39 is 0 Å². The molecule has 0 heterocycles. The Hall–Kier alpha value is -1.94. The summed E-state index contributed by atoms with van der Waals surface area (Å²) in [6.07, 6.45) is 1.67. The van der Waals surface area contributed by atoms with Gasteiger partial charge in [-0.15, -0.1) is 0 Å². The molecule has 0 saturated carbocycles. The average Bonchev–Trinajstić information content (AvgIpc) is 2.43. The van der Waals surface area contributed by atoms with E-state index in [-0.39, 0.29) is 5.91 Å². The number of aryl methyl sites for hydroxylation is 2. The Bertz CT molecular complexity index is 648. The number of rotatable bonds is 3. The highest BCUT2D eigenvalue weighted by Crippen LogP contribution is 2.10. The van der Waals surface area contributed by atoms with Crippen LogP contribution in [-0.4, -0.2) is 12.1 Å². The molecule has 0 aromatic heterocycles. The van der Waals surface area contributed by atoms with Crippen LogP contribution < -0.4 is 5.43 Å². The van der Waals surface area contributed by atoms with E-state index in [4.69, 9.17) is 0 Å². The number of amides is 1. The zero-order valence-electron chi connectivity index (χ0n) is 11.4. The van der Waals surface area contributed by atoms with Gasteiger partial charge in [0.1, 0.15) is 0 Å². The summed E-state index contributed by atoms with van der Waals surface area (Å²) in [5, 5.41) is 4.01. The maximum atomic E-state index is 11.9. The second-order valence-electron chi connectivity index (χ2n) is 4.57. The summed E-state index contributed by atoms with van der Waals surface area (Å²) in [6.45, 7) is 4.04. The molecule has 0 bridgehead atoms. The molecule has 1 amide bonds. The third-order valence-corrected chi connectivity index (χ3v) is 3.44. The van der Waals surface area contributed by atoms with E-state index in [1.807, 2.05) is 44.2 Å². The van der Waals surface area contributed by atoms with Crippen molar-refractivity contribution in [2.75, 3.05) is 0 Å². The van der Waals surface area contributed by atoms with E-state index in [1.165, 1.54) is 0 Å². The Morgan fingerprint density at radius 2 is 1.85 bits per heavy atom. The predicted octanol–water partition coefficient (Wildman–Crippen LogP) is 3.83. The number of nitrogens with one attached hydrogen (secondary N) is 1. The molecule has 0 aliphatic heterocycles. The van der Waals surface area contributed by atoms with Gasteiger partial charge >= 0.3 is 0 Å². The van der Waals surface area contributed by atoms with Gasteiger partial charge in [-0.1, -0.05) is 39.7 Å². The van der Waals surface area contributed by atoms with Crippen molar-refractivity contribution in [3.8, 4) is 0 Å². The van der Waals surface area contributed by atoms with Crippen molar-refractivity contribution in [1.82, 2.24) is 5.43 Å². The van der Waals surface area contributed by atoms with Crippen molar-refractivity contribution in [2.24, 2.45) is 5.10 Å². The molecular weight excluding hydrogens is 316 g/mol. The molecule has 0 unspecified atom stereocenters. The minimum atomic E-state index is -0.223. The summed E-state index contributed by atoms with van der Waals surface area (Å²) in [5.74, 6) is -0.223. The van der Waals surface area contributed by atoms with Gasteiger partial charge in [-0.2, -0.15) is 5.10 Å². The van der Waals surface area contributed by atoms with E-state index in [0.29, 0.717) is 5.56 Å². The third-order valence-electron chi connectivity index (χ3n) is 2.91. The monoisotopic (exact) mass is 330 g/mol. The van der Waals surface area contributed by atoms with Crippen LogP contribution in [-0.2, 0) is 0 Å². The lowest BCUT2D eigenvalue weighted by Crippen LogP contribution is -2.17. The van der Waals surface area contributed by atoms with E-state index in [2.05, 4.69) is 26.5 Å². The minimum absolute atomic E-state index is 0.223. The van der Waals surface area contributed by atoms with Crippen LogP contribution in [0.3, 0.4) is 0 Å². The maximum absolute atomic E-state index is 11.9. The molecule has 3 nitrogen and oxygen atoms in total. The van der Waals surface area contributed by atoms with Crippen LogP contribution in [0, 0.1) is 13.8 Å². The smallest absolute Gasteiger partial charge is 0.267 e. The molecular formula is C16H15BrN2O. The van der Waals surface area contributed by atoms with Crippen LogP contribution in [0.25, 0.3) is 0 Å². The quantitative estimate of drug-likeness (QED) is 0.674. The molecule has 0 atom stereocenters. The number of carbonyl (C=O) groups is 1. The van der Waals surface area contributed by atoms with Gasteiger partial charge in [-0.25, -0.2) is 5.43 Å². The minimum Gasteiger partial charge on any atom is -0.267 e. The molecule has 0 radical (unpaired) electrons. The zero-order valence-corrected chi connectivity index (χ0v) is 12.9. The number of nitrogens with zero attached hydrogens (tertiary/aromatic N) is 1. The van der Waals surface area contributed by atoms with Crippen molar-refractivity contribution in [2.45, 2.75) is 13.8 Å². The molecule has 4 heteroatoms. The summed E-state index contributed by atoms with van der Waals surface area (Å²) >= 11 is 3.33.